The van der Waals surface area contributed by atoms with E-state index in [1.165, 1.54) is 6.42 Å². The molecule has 0 aromatic carbocycles. The molecule has 3 aliphatic carbocycles. The molecule has 1 amide bonds. The molecule has 1 aliphatic heterocycles. The van der Waals surface area contributed by atoms with Gasteiger partial charge in [0.25, 0.3) is 0 Å². The summed E-state index contributed by atoms with van der Waals surface area (Å²) >= 11 is 0. The van der Waals surface area contributed by atoms with Crippen molar-refractivity contribution in [2.75, 3.05) is 0 Å². The second kappa shape index (κ2) is 6.60. The van der Waals surface area contributed by atoms with Gasteiger partial charge in [0.05, 0.1) is 0 Å². The number of carbonyl (C=O) groups is 1. The van der Waals surface area contributed by atoms with Crippen molar-refractivity contribution >= 4 is 6.09 Å². The number of nitrogens with one attached hydrogen (secondary N) is 1. The van der Waals surface area contributed by atoms with Crippen LogP contribution in [0.4, 0.5) is 4.79 Å². The van der Waals surface area contributed by atoms with E-state index in [4.69, 9.17) is 19.2 Å². The lowest BCUT2D eigenvalue weighted by Crippen LogP contribution is -2.64. The van der Waals surface area contributed by atoms with Gasteiger partial charge in [-0.1, -0.05) is 19.8 Å². The van der Waals surface area contributed by atoms with Crippen LogP contribution in [0.5, 0.6) is 0 Å². The van der Waals surface area contributed by atoms with Gasteiger partial charge in [0.2, 0.25) is 11.6 Å². The Morgan fingerprint density at radius 1 is 1.04 bits per heavy atom. The van der Waals surface area contributed by atoms with Crippen LogP contribution in [-0.4, -0.2) is 28.8 Å². The van der Waals surface area contributed by atoms with E-state index in [-0.39, 0.29) is 23.5 Å². The van der Waals surface area contributed by atoms with Crippen LogP contribution in [0.3, 0.4) is 0 Å². The standard InChI is InChI=1S/C21H35NO5/c1-15-13-19(22-17(23)24-18(2,3)4)10-8-9-16(14-19)21(15)25-20(26-27-21)11-6-5-7-12-20/h15-16H,5-14H2,1-4H3,(H,22,23). The first-order chi connectivity index (χ1) is 12.7. The molecule has 1 heterocycles. The number of carbonyl (C=O) groups excluding carboxylic acids is 1. The number of hydrogen-bond donors (Lipinski definition) is 1. The lowest BCUT2D eigenvalue weighted by Gasteiger charge is -2.54. The molecule has 4 unspecified atom stereocenters. The van der Waals surface area contributed by atoms with E-state index in [1.807, 2.05) is 20.8 Å². The van der Waals surface area contributed by atoms with Crippen molar-refractivity contribution < 1.29 is 24.0 Å². The summed E-state index contributed by atoms with van der Waals surface area (Å²) in [4.78, 5) is 24.4. The number of alkyl carbamates (subject to hydrolysis) is 1. The molecule has 4 rings (SSSR count). The highest BCUT2D eigenvalue weighted by Crippen LogP contribution is 2.58. The van der Waals surface area contributed by atoms with Crippen molar-refractivity contribution in [2.24, 2.45) is 11.8 Å². The molecule has 6 heteroatoms. The Morgan fingerprint density at radius 3 is 2.48 bits per heavy atom. The fourth-order valence-electron chi connectivity index (χ4n) is 5.78. The molecule has 0 radical (unpaired) electrons. The van der Waals surface area contributed by atoms with E-state index >= 15 is 0 Å². The van der Waals surface area contributed by atoms with Gasteiger partial charge < -0.3 is 14.8 Å². The summed E-state index contributed by atoms with van der Waals surface area (Å²) in [5.74, 6) is -0.849. The number of ether oxygens (including phenoxy) is 2. The number of rotatable bonds is 1. The average Bonchev–Trinajstić information content (AvgIpc) is 2.93. The minimum absolute atomic E-state index is 0.146. The third-order valence-corrected chi connectivity index (χ3v) is 6.85. The van der Waals surface area contributed by atoms with Crippen LogP contribution in [-0.2, 0) is 19.2 Å². The molecule has 3 saturated carbocycles. The highest BCUT2D eigenvalue weighted by molar-refractivity contribution is 5.69. The molecule has 0 aromatic rings. The van der Waals surface area contributed by atoms with Crippen LogP contribution < -0.4 is 5.32 Å². The fourth-order valence-corrected chi connectivity index (χ4v) is 5.78. The van der Waals surface area contributed by atoms with Gasteiger partial charge in [0, 0.05) is 30.2 Å². The highest BCUT2D eigenvalue weighted by atomic mass is 17.3. The topological polar surface area (TPSA) is 66.0 Å². The Bertz CT molecular complexity index is 578. The second-order valence-electron chi connectivity index (χ2n) is 10.3. The lowest BCUT2D eigenvalue weighted by molar-refractivity contribution is -0.380. The summed E-state index contributed by atoms with van der Waals surface area (Å²) < 4.78 is 12.2. The van der Waals surface area contributed by atoms with Crippen molar-refractivity contribution in [3.05, 3.63) is 0 Å². The van der Waals surface area contributed by atoms with E-state index in [0.29, 0.717) is 0 Å². The number of amides is 1. The third-order valence-electron chi connectivity index (χ3n) is 6.85. The van der Waals surface area contributed by atoms with Gasteiger partial charge in [-0.05, 0) is 59.3 Å². The average molecular weight is 382 g/mol. The van der Waals surface area contributed by atoms with Crippen LogP contribution in [0.15, 0.2) is 0 Å². The van der Waals surface area contributed by atoms with Gasteiger partial charge in [0.15, 0.2) is 0 Å². The molecule has 154 valence electrons. The summed E-state index contributed by atoms with van der Waals surface area (Å²) in [5.41, 5.74) is -0.722. The van der Waals surface area contributed by atoms with Crippen molar-refractivity contribution in [3.63, 3.8) is 0 Å². The van der Waals surface area contributed by atoms with E-state index in [0.717, 1.165) is 57.8 Å². The molecule has 2 spiro atoms. The van der Waals surface area contributed by atoms with Gasteiger partial charge >= 0.3 is 6.09 Å². The Balaban J connectivity index is 1.50. The molecule has 0 aromatic heterocycles. The molecule has 1 saturated heterocycles. The van der Waals surface area contributed by atoms with Crippen LogP contribution in [0.1, 0.15) is 91.9 Å². The zero-order chi connectivity index (χ0) is 19.3. The summed E-state index contributed by atoms with van der Waals surface area (Å²) in [5, 5.41) is 3.22. The minimum atomic E-state index is -0.670. The van der Waals surface area contributed by atoms with Gasteiger partial charge in [-0.15, -0.1) is 0 Å². The smallest absolute Gasteiger partial charge is 0.408 e. The summed E-state index contributed by atoms with van der Waals surface area (Å²) in [6.45, 7) is 7.86. The van der Waals surface area contributed by atoms with Crippen LogP contribution >= 0.6 is 0 Å². The summed E-state index contributed by atoms with van der Waals surface area (Å²) in [6.07, 6.45) is 9.75. The minimum Gasteiger partial charge on any atom is -0.444 e. The maximum atomic E-state index is 12.5. The molecule has 1 N–H and O–H groups in total. The van der Waals surface area contributed by atoms with Crippen LogP contribution in [0.2, 0.25) is 0 Å². The lowest BCUT2D eigenvalue weighted by atomic mass is 9.60. The monoisotopic (exact) mass is 381 g/mol. The highest BCUT2D eigenvalue weighted by Gasteiger charge is 2.65. The predicted molar refractivity (Wildman–Crippen MR) is 99.6 cm³/mol. The Morgan fingerprint density at radius 2 is 1.78 bits per heavy atom. The van der Waals surface area contributed by atoms with Crippen LogP contribution in [0.25, 0.3) is 0 Å². The van der Waals surface area contributed by atoms with Crippen molar-refractivity contribution in [2.45, 2.75) is 115 Å². The zero-order valence-corrected chi connectivity index (χ0v) is 17.3. The summed E-state index contributed by atoms with van der Waals surface area (Å²) in [7, 11) is 0. The quantitative estimate of drug-likeness (QED) is 0.660. The summed E-state index contributed by atoms with van der Waals surface area (Å²) in [6, 6.07) is 0. The van der Waals surface area contributed by atoms with E-state index in [9.17, 15) is 4.79 Å². The van der Waals surface area contributed by atoms with Crippen LogP contribution in [0, 0.1) is 11.8 Å². The second-order valence-corrected chi connectivity index (χ2v) is 10.3. The molecule has 27 heavy (non-hydrogen) atoms. The SMILES string of the molecule is CC1CC2(NC(=O)OC(C)(C)C)CCCC(C2)C12OOC1(CCCCC1)O2. The molecule has 4 aliphatic rings. The largest absolute Gasteiger partial charge is 0.444 e. The van der Waals surface area contributed by atoms with E-state index < -0.39 is 17.2 Å². The van der Waals surface area contributed by atoms with Gasteiger partial charge in [-0.3, -0.25) is 0 Å². The Labute approximate surface area is 162 Å². The molecular weight excluding hydrogens is 346 g/mol. The van der Waals surface area contributed by atoms with E-state index in [1.54, 1.807) is 0 Å². The van der Waals surface area contributed by atoms with E-state index in [2.05, 4.69) is 12.2 Å². The fraction of sp³-hybridized carbons (Fsp3) is 0.952. The molecule has 2 bridgehead atoms. The van der Waals surface area contributed by atoms with Crippen molar-refractivity contribution in [1.29, 1.82) is 0 Å². The maximum Gasteiger partial charge on any atom is 0.408 e. The van der Waals surface area contributed by atoms with Gasteiger partial charge in [-0.2, -0.15) is 9.78 Å². The molecule has 6 nitrogen and oxygen atoms in total. The third kappa shape index (κ3) is 3.60. The first kappa shape index (κ1) is 19.5. The molecule has 4 fully saturated rings. The molecular formula is C21H35NO5. The Kier molecular flexibility index (Phi) is 4.76. The van der Waals surface area contributed by atoms with Crippen molar-refractivity contribution in [3.8, 4) is 0 Å². The zero-order valence-electron chi connectivity index (χ0n) is 17.3. The Hall–Kier alpha value is -0.850. The number of hydrogen-bond acceptors (Lipinski definition) is 5. The van der Waals surface area contributed by atoms with Gasteiger partial charge in [0.1, 0.15) is 5.60 Å². The maximum absolute atomic E-state index is 12.5. The normalized spacial score (nSPS) is 40.9. The molecule has 4 atom stereocenters. The number of fused-ring (bicyclic) bond motifs is 3. The first-order valence-electron chi connectivity index (χ1n) is 10.7. The van der Waals surface area contributed by atoms with Gasteiger partial charge in [-0.25, -0.2) is 4.79 Å². The first-order valence-corrected chi connectivity index (χ1v) is 10.7. The predicted octanol–water partition coefficient (Wildman–Crippen LogP) is 4.82. The van der Waals surface area contributed by atoms with Crippen molar-refractivity contribution in [1.82, 2.24) is 5.32 Å².